The summed E-state index contributed by atoms with van der Waals surface area (Å²) in [5.74, 6) is 0. The van der Waals surface area contributed by atoms with Crippen LogP contribution in [0.15, 0.2) is 25.5 Å². The molecule has 3 nitrogen and oxygen atoms in total. The predicted molar refractivity (Wildman–Crippen MR) is 58.5 cm³/mol. The van der Waals surface area contributed by atoms with Gasteiger partial charge in [-0.25, -0.2) is 0 Å². The average Bonchev–Trinajstić information content (AvgIpc) is 2.16. The minimum atomic E-state index is -0.766. The smallest absolute Gasteiger partial charge is 0.196 e. The first-order valence-corrected chi connectivity index (χ1v) is 5.01. The molecule has 0 heterocycles. The van der Waals surface area contributed by atoms with Crippen molar-refractivity contribution >= 4 is 0 Å². The highest BCUT2D eigenvalue weighted by Crippen LogP contribution is 2.07. The molecule has 2 unspecified atom stereocenters. The number of allylic oxidation sites excluding steroid dienone is 1. The summed E-state index contributed by atoms with van der Waals surface area (Å²) in [6.07, 6.45) is 6.72. The van der Waals surface area contributed by atoms with Crippen LogP contribution in [0.4, 0.5) is 0 Å². The number of aliphatic hydroxyl groups excluding tert-OH is 1. The SMILES string of the molecule is C=CCCCC(N)CCC(O)OC=C. The first kappa shape index (κ1) is 13.2. The quantitative estimate of drug-likeness (QED) is 0.258. The fourth-order valence-electron chi connectivity index (χ4n) is 1.20. The van der Waals surface area contributed by atoms with Gasteiger partial charge in [0.25, 0.3) is 0 Å². The first-order chi connectivity index (χ1) is 6.70. The molecule has 0 radical (unpaired) electrons. The Morgan fingerprint density at radius 2 is 2.00 bits per heavy atom. The number of hydrogen-bond donors (Lipinski definition) is 2. The molecular weight excluding hydrogens is 178 g/mol. The van der Waals surface area contributed by atoms with Crippen molar-refractivity contribution in [3.63, 3.8) is 0 Å². The summed E-state index contributed by atoms with van der Waals surface area (Å²) in [7, 11) is 0. The minimum absolute atomic E-state index is 0.137. The first-order valence-electron chi connectivity index (χ1n) is 5.01. The van der Waals surface area contributed by atoms with E-state index in [1.165, 1.54) is 6.26 Å². The summed E-state index contributed by atoms with van der Waals surface area (Å²) in [6.45, 7) is 7.01. The molecule has 2 atom stereocenters. The van der Waals surface area contributed by atoms with E-state index in [1.54, 1.807) is 0 Å². The molecule has 0 saturated carbocycles. The van der Waals surface area contributed by atoms with Crippen LogP contribution in [-0.2, 0) is 4.74 Å². The van der Waals surface area contributed by atoms with Crippen LogP contribution < -0.4 is 5.73 Å². The van der Waals surface area contributed by atoms with Crippen molar-refractivity contribution < 1.29 is 9.84 Å². The Balaban J connectivity index is 3.37. The third kappa shape index (κ3) is 7.83. The minimum Gasteiger partial charge on any atom is -0.473 e. The van der Waals surface area contributed by atoms with E-state index in [2.05, 4.69) is 13.2 Å². The molecule has 14 heavy (non-hydrogen) atoms. The lowest BCUT2D eigenvalue weighted by molar-refractivity contribution is -0.0576. The highest BCUT2D eigenvalue weighted by molar-refractivity contribution is 4.69. The third-order valence-corrected chi connectivity index (χ3v) is 2.02. The lowest BCUT2D eigenvalue weighted by atomic mass is 10.1. The lowest BCUT2D eigenvalue weighted by Crippen LogP contribution is -2.22. The Bertz CT molecular complexity index is 159. The second-order valence-corrected chi connectivity index (χ2v) is 3.31. The monoisotopic (exact) mass is 199 g/mol. The summed E-state index contributed by atoms with van der Waals surface area (Å²) < 4.78 is 4.77. The van der Waals surface area contributed by atoms with E-state index in [1.807, 2.05) is 6.08 Å². The van der Waals surface area contributed by atoms with Crippen LogP contribution in [0.3, 0.4) is 0 Å². The molecule has 0 aromatic rings. The molecule has 0 bridgehead atoms. The molecule has 0 saturated heterocycles. The molecule has 0 aliphatic rings. The summed E-state index contributed by atoms with van der Waals surface area (Å²) in [5, 5.41) is 9.20. The van der Waals surface area contributed by atoms with Gasteiger partial charge in [-0.1, -0.05) is 12.7 Å². The average molecular weight is 199 g/mol. The van der Waals surface area contributed by atoms with E-state index in [9.17, 15) is 5.11 Å². The van der Waals surface area contributed by atoms with E-state index in [0.717, 1.165) is 25.7 Å². The fraction of sp³-hybridized carbons (Fsp3) is 0.636. The largest absolute Gasteiger partial charge is 0.473 e. The summed E-state index contributed by atoms with van der Waals surface area (Å²) in [4.78, 5) is 0. The van der Waals surface area contributed by atoms with E-state index in [0.29, 0.717) is 6.42 Å². The Labute approximate surface area is 86.3 Å². The second-order valence-electron chi connectivity index (χ2n) is 3.31. The van der Waals surface area contributed by atoms with Gasteiger partial charge in [-0.15, -0.1) is 6.58 Å². The third-order valence-electron chi connectivity index (χ3n) is 2.02. The standard InChI is InChI=1S/C11H21NO2/c1-3-5-6-7-10(12)8-9-11(13)14-4-2/h3-4,10-11,13H,1-2,5-9,12H2. The molecule has 3 N–H and O–H groups in total. The molecule has 0 aliphatic heterocycles. The number of aliphatic hydroxyl groups is 1. The topological polar surface area (TPSA) is 55.5 Å². The van der Waals surface area contributed by atoms with Crippen molar-refractivity contribution in [2.45, 2.75) is 44.4 Å². The maximum Gasteiger partial charge on any atom is 0.196 e. The Kier molecular flexibility index (Phi) is 8.28. The molecule has 0 spiro atoms. The molecule has 0 rings (SSSR count). The van der Waals surface area contributed by atoms with E-state index >= 15 is 0 Å². The summed E-state index contributed by atoms with van der Waals surface area (Å²) >= 11 is 0. The number of nitrogens with two attached hydrogens (primary N) is 1. The zero-order chi connectivity index (χ0) is 10.8. The van der Waals surface area contributed by atoms with Gasteiger partial charge in [0, 0.05) is 12.5 Å². The van der Waals surface area contributed by atoms with Crippen LogP contribution in [0, 0.1) is 0 Å². The zero-order valence-electron chi connectivity index (χ0n) is 8.69. The van der Waals surface area contributed by atoms with E-state index in [-0.39, 0.29) is 6.04 Å². The number of ether oxygens (including phenoxy) is 1. The molecule has 0 aliphatic carbocycles. The van der Waals surface area contributed by atoms with Crippen molar-refractivity contribution in [3.05, 3.63) is 25.5 Å². The number of unbranched alkanes of at least 4 members (excludes halogenated alkanes) is 1. The summed E-state index contributed by atoms with van der Waals surface area (Å²) in [5.41, 5.74) is 5.83. The van der Waals surface area contributed by atoms with Crippen molar-refractivity contribution in [1.82, 2.24) is 0 Å². The van der Waals surface area contributed by atoms with Gasteiger partial charge in [-0.2, -0.15) is 0 Å². The van der Waals surface area contributed by atoms with Gasteiger partial charge >= 0.3 is 0 Å². The lowest BCUT2D eigenvalue weighted by Gasteiger charge is -2.13. The fourth-order valence-corrected chi connectivity index (χ4v) is 1.20. The molecular formula is C11H21NO2. The van der Waals surface area contributed by atoms with Crippen LogP contribution in [0.5, 0.6) is 0 Å². The predicted octanol–water partition coefficient (Wildman–Crippen LogP) is 1.93. The van der Waals surface area contributed by atoms with Gasteiger partial charge in [0.05, 0.1) is 6.26 Å². The molecule has 82 valence electrons. The van der Waals surface area contributed by atoms with Gasteiger partial charge in [0.15, 0.2) is 6.29 Å². The Morgan fingerprint density at radius 3 is 2.57 bits per heavy atom. The van der Waals surface area contributed by atoms with Gasteiger partial charge < -0.3 is 15.6 Å². The summed E-state index contributed by atoms with van der Waals surface area (Å²) in [6, 6.07) is 0.137. The van der Waals surface area contributed by atoms with E-state index in [4.69, 9.17) is 10.5 Å². The van der Waals surface area contributed by atoms with Crippen LogP contribution in [0.1, 0.15) is 32.1 Å². The number of hydrogen-bond acceptors (Lipinski definition) is 3. The van der Waals surface area contributed by atoms with Crippen LogP contribution >= 0.6 is 0 Å². The van der Waals surface area contributed by atoms with Gasteiger partial charge in [-0.05, 0) is 25.7 Å². The second kappa shape index (κ2) is 8.78. The van der Waals surface area contributed by atoms with Crippen LogP contribution in [0.25, 0.3) is 0 Å². The van der Waals surface area contributed by atoms with Crippen LogP contribution in [0.2, 0.25) is 0 Å². The highest BCUT2D eigenvalue weighted by Gasteiger charge is 2.07. The van der Waals surface area contributed by atoms with Gasteiger partial charge in [-0.3, -0.25) is 0 Å². The van der Waals surface area contributed by atoms with Crippen molar-refractivity contribution in [2.24, 2.45) is 5.73 Å². The van der Waals surface area contributed by atoms with Gasteiger partial charge in [0.2, 0.25) is 0 Å². The maximum atomic E-state index is 9.20. The highest BCUT2D eigenvalue weighted by atomic mass is 16.6. The van der Waals surface area contributed by atoms with Crippen molar-refractivity contribution in [1.29, 1.82) is 0 Å². The van der Waals surface area contributed by atoms with Crippen molar-refractivity contribution in [3.8, 4) is 0 Å². The molecule has 0 fully saturated rings. The number of rotatable bonds is 9. The van der Waals surface area contributed by atoms with Gasteiger partial charge in [0.1, 0.15) is 0 Å². The molecule has 3 heteroatoms. The van der Waals surface area contributed by atoms with Crippen LogP contribution in [-0.4, -0.2) is 17.4 Å². The molecule has 0 amide bonds. The van der Waals surface area contributed by atoms with E-state index < -0.39 is 6.29 Å². The molecule has 0 aromatic carbocycles. The normalized spacial score (nSPS) is 14.4. The zero-order valence-corrected chi connectivity index (χ0v) is 8.69. The maximum absolute atomic E-state index is 9.20. The molecule has 0 aromatic heterocycles. The van der Waals surface area contributed by atoms with Crippen molar-refractivity contribution in [2.75, 3.05) is 0 Å². The Hall–Kier alpha value is -0.800. The Morgan fingerprint density at radius 1 is 1.29 bits per heavy atom.